The van der Waals surface area contributed by atoms with Gasteiger partial charge in [-0.1, -0.05) is 29.8 Å². The molecule has 1 fully saturated rings. The number of nitrogens with zero attached hydrogens (tertiary/aromatic N) is 1. The molecule has 1 saturated heterocycles. The van der Waals surface area contributed by atoms with Gasteiger partial charge in [0.2, 0.25) is 0 Å². The zero-order chi connectivity index (χ0) is 15.1. The number of aromatic nitrogens is 1. The maximum Gasteiger partial charge on any atom is 0.120 e. The van der Waals surface area contributed by atoms with Crippen LogP contribution < -0.4 is 0 Å². The lowest BCUT2D eigenvalue weighted by Gasteiger charge is -2.43. The smallest absolute Gasteiger partial charge is 0.120 e. The maximum atomic E-state index is 11.0. The molecule has 114 valence electrons. The van der Waals surface area contributed by atoms with Gasteiger partial charge in [-0.05, 0) is 37.3 Å². The second-order valence-electron chi connectivity index (χ2n) is 6.50. The van der Waals surface area contributed by atoms with Crippen molar-refractivity contribution in [3.05, 3.63) is 47.2 Å². The van der Waals surface area contributed by atoms with Gasteiger partial charge in [-0.15, -0.1) is 0 Å². The standard InChI is InChI=1S/C19H22N2O/c1-2-13-12-21-9-7-16-15-5-3-4-6-17(15)20-19(16)18(21)11-14(13)8-10-22/h2-6,10,14,18,20H,7-9,11-12H2,1H3/b13-2+/t14-,18+/m0/s1. The lowest BCUT2D eigenvalue weighted by Crippen LogP contribution is -2.42. The van der Waals surface area contributed by atoms with E-state index in [0.29, 0.717) is 18.4 Å². The molecule has 22 heavy (non-hydrogen) atoms. The highest BCUT2D eigenvalue weighted by molar-refractivity contribution is 5.85. The van der Waals surface area contributed by atoms with Crippen LogP contribution in [0.5, 0.6) is 0 Å². The average molecular weight is 294 g/mol. The van der Waals surface area contributed by atoms with E-state index in [1.165, 1.54) is 27.7 Å². The van der Waals surface area contributed by atoms with E-state index in [2.05, 4.69) is 47.1 Å². The van der Waals surface area contributed by atoms with E-state index in [-0.39, 0.29) is 0 Å². The SMILES string of the molecule is C/C=C1\CN2CCc3c([nH]c4ccccc34)[C@H]2C[C@@H]1CC=O. The molecule has 2 aliphatic heterocycles. The normalized spacial score (nSPS) is 26.9. The molecule has 3 nitrogen and oxygen atoms in total. The molecular formula is C19H22N2O. The highest BCUT2D eigenvalue weighted by Crippen LogP contribution is 2.43. The summed E-state index contributed by atoms with van der Waals surface area (Å²) < 4.78 is 0. The number of fused-ring (bicyclic) bond motifs is 5. The van der Waals surface area contributed by atoms with Crippen molar-refractivity contribution in [1.82, 2.24) is 9.88 Å². The molecule has 3 heteroatoms. The zero-order valence-electron chi connectivity index (χ0n) is 13.0. The lowest BCUT2D eigenvalue weighted by molar-refractivity contribution is -0.108. The predicted molar refractivity (Wildman–Crippen MR) is 88.9 cm³/mol. The van der Waals surface area contributed by atoms with Crippen molar-refractivity contribution >= 4 is 17.2 Å². The number of aldehydes is 1. The minimum absolute atomic E-state index is 0.404. The van der Waals surface area contributed by atoms with E-state index in [4.69, 9.17) is 0 Å². The summed E-state index contributed by atoms with van der Waals surface area (Å²) >= 11 is 0. The number of rotatable bonds is 2. The van der Waals surface area contributed by atoms with E-state index in [9.17, 15) is 4.79 Å². The van der Waals surface area contributed by atoms with Crippen LogP contribution >= 0.6 is 0 Å². The number of aromatic amines is 1. The molecule has 0 bridgehead atoms. The van der Waals surface area contributed by atoms with Gasteiger partial charge in [-0.2, -0.15) is 0 Å². The van der Waals surface area contributed by atoms with Crippen LogP contribution in [0, 0.1) is 5.92 Å². The molecule has 0 unspecified atom stereocenters. The average Bonchev–Trinajstić information content (AvgIpc) is 2.93. The monoisotopic (exact) mass is 294 g/mol. The second kappa shape index (κ2) is 5.40. The summed E-state index contributed by atoms with van der Waals surface area (Å²) in [5.74, 6) is 0.404. The van der Waals surface area contributed by atoms with E-state index in [0.717, 1.165) is 32.2 Å². The van der Waals surface area contributed by atoms with Crippen LogP contribution in [0.4, 0.5) is 0 Å². The maximum absolute atomic E-state index is 11.0. The van der Waals surface area contributed by atoms with E-state index < -0.39 is 0 Å². The van der Waals surface area contributed by atoms with Gasteiger partial charge in [0, 0.05) is 36.1 Å². The van der Waals surface area contributed by atoms with Gasteiger partial charge < -0.3 is 9.78 Å². The van der Waals surface area contributed by atoms with Crippen LogP contribution in [0.2, 0.25) is 0 Å². The number of allylic oxidation sites excluding steroid dienone is 1. The number of hydrogen-bond donors (Lipinski definition) is 1. The number of hydrogen-bond acceptors (Lipinski definition) is 2. The van der Waals surface area contributed by atoms with Gasteiger partial charge >= 0.3 is 0 Å². The Morgan fingerprint density at radius 3 is 3.05 bits per heavy atom. The third-order valence-corrected chi connectivity index (χ3v) is 5.44. The van der Waals surface area contributed by atoms with Crippen molar-refractivity contribution < 1.29 is 4.79 Å². The molecule has 1 aromatic heterocycles. The van der Waals surface area contributed by atoms with E-state index >= 15 is 0 Å². The first-order chi connectivity index (χ1) is 10.8. The largest absolute Gasteiger partial charge is 0.357 e. The van der Waals surface area contributed by atoms with Crippen LogP contribution in [0.15, 0.2) is 35.9 Å². The van der Waals surface area contributed by atoms with E-state index in [1.807, 2.05) is 0 Å². The zero-order valence-corrected chi connectivity index (χ0v) is 13.0. The summed E-state index contributed by atoms with van der Waals surface area (Å²) in [6.45, 7) is 4.23. The van der Waals surface area contributed by atoms with Crippen molar-refractivity contribution in [1.29, 1.82) is 0 Å². The Labute approximate surface area is 131 Å². The van der Waals surface area contributed by atoms with Gasteiger partial charge in [0.25, 0.3) is 0 Å². The fraction of sp³-hybridized carbons (Fsp3) is 0.421. The first-order valence-corrected chi connectivity index (χ1v) is 8.24. The number of H-pyrrole nitrogens is 1. The van der Waals surface area contributed by atoms with Crippen molar-refractivity contribution in [3.63, 3.8) is 0 Å². The van der Waals surface area contributed by atoms with Crippen LogP contribution in [0.1, 0.15) is 37.1 Å². The molecular weight excluding hydrogens is 272 g/mol. The molecule has 0 saturated carbocycles. The minimum atomic E-state index is 0.404. The number of carbonyl (C=O) groups is 1. The molecule has 2 aliphatic rings. The summed E-state index contributed by atoms with van der Waals surface area (Å²) in [6.07, 6.45) is 6.12. The lowest BCUT2D eigenvalue weighted by atomic mass is 9.80. The molecule has 1 aromatic carbocycles. The predicted octanol–water partition coefficient (Wildman–Crippen LogP) is 3.62. The van der Waals surface area contributed by atoms with Crippen molar-refractivity contribution in [2.45, 2.75) is 32.2 Å². The second-order valence-corrected chi connectivity index (χ2v) is 6.50. The molecule has 0 amide bonds. The van der Waals surface area contributed by atoms with Gasteiger partial charge in [0.15, 0.2) is 0 Å². The van der Waals surface area contributed by atoms with Crippen molar-refractivity contribution in [2.24, 2.45) is 5.92 Å². The number of benzene rings is 1. The first kappa shape index (κ1) is 13.8. The molecule has 2 aromatic rings. The minimum Gasteiger partial charge on any atom is -0.357 e. The van der Waals surface area contributed by atoms with Gasteiger partial charge in [-0.25, -0.2) is 0 Å². The number of nitrogens with one attached hydrogen (secondary N) is 1. The van der Waals surface area contributed by atoms with E-state index in [1.54, 1.807) is 0 Å². The quantitative estimate of drug-likeness (QED) is 0.678. The number of carbonyl (C=O) groups excluding carboxylic acids is 1. The summed E-state index contributed by atoms with van der Waals surface area (Å²) in [5.41, 5.74) is 5.56. The molecule has 1 N–H and O–H groups in total. The number of piperidine rings is 1. The van der Waals surface area contributed by atoms with Crippen LogP contribution in [-0.4, -0.2) is 29.3 Å². The molecule has 0 aliphatic carbocycles. The molecule has 3 heterocycles. The third-order valence-electron chi connectivity index (χ3n) is 5.44. The molecule has 2 atom stereocenters. The Morgan fingerprint density at radius 1 is 1.36 bits per heavy atom. The first-order valence-electron chi connectivity index (χ1n) is 8.24. The Kier molecular flexibility index (Phi) is 3.38. The molecule has 0 spiro atoms. The van der Waals surface area contributed by atoms with Crippen LogP contribution in [0.25, 0.3) is 10.9 Å². The van der Waals surface area contributed by atoms with Crippen LogP contribution in [-0.2, 0) is 11.2 Å². The highest BCUT2D eigenvalue weighted by Gasteiger charge is 2.37. The van der Waals surface area contributed by atoms with Crippen molar-refractivity contribution in [2.75, 3.05) is 13.1 Å². The van der Waals surface area contributed by atoms with Gasteiger partial charge in [0.1, 0.15) is 6.29 Å². The van der Waals surface area contributed by atoms with Gasteiger partial charge in [0.05, 0.1) is 6.04 Å². The van der Waals surface area contributed by atoms with Gasteiger partial charge in [-0.3, -0.25) is 4.90 Å². The molecule has 0 radical (unpaired) electrons. The fourth-order valence-corrected chi connectivity index (χ4v) is 4.30. The number of para-hydroxylation sites is 1. The topological polar surface area (TPSA) is 36.1 Å². The Balaban J connectivity index is 1.75. The summed E-state index contributed by atoms with van der Waals surface area (Å²) in [7, 11) is 0. The Bertz CT molecular complexity index is 743. The van der Waals surface area contributed by atoms with Crippen LogP contribution in [0.3, 0.4) is 0 Å². The Hall–Kier alpha value is -1.87. The summed E-state index contributed by atoms with van der Waals surface area (Å²) in [4.78, 5) is 17.3. The summed E-state index contributed by atoms with van der Waals surface area (Å²) in [6, 6.07) is 9.04. The fourth-order valence-electron chi connectivity index (χ4n) is 4.30. The molecule has 4 rings (SSSR count). The third kappa shape index (κ3) is 2.03. The highest BCUT2D eigenvalue weighted by atomic mass is 16.1. The summed E-state index contributed by atoms with van der Waals surface area (Å²) in [5, 5.41) is 1.38. The van der Waals surface area contributed by atoms with Crippen molar-refractivity contribution in [3.8, 4) is 0 Å². The Morgan fingerprint density at radius 2 is 2.23 bits per heavy atom.